The fourth-order valence-corrected chi connectivity index (χ4v) is 3.66. The van der Waals surface area contributed by atoms with Gasteiger partial charge in [0.25, 0.3) is 0 Å². The number of hydrogen-bond donors (Lipinski definition) is 1. The first-order chi connectivity index (χ1) is 13.0. The highest BCUT2D eigenvalue weighted by molar-refractivity contribution is 5.89. The molecule has 3 rings (SSSR count). The highest BCUT2D eigenvalue weighted by Gasteiger charge is 2.34. The number of carbonyl (C=O) groups excluding carboxylic acids is 2. The number of morpholine rings is 1. The topological polar surface area (TPSA) is 61.9 Å². The van der Waals surface area contributed by atoms with Crippen LogP contribution in [0.1, 0.15) is 18.9 Å². The Labute approximate surface area is 159 Å². The number of likely N-dealkylation sites (tertiary alicyclic amines) is 1. The molecule has 2 heterocycles. The predicted molar refractivity (Wildman–Crippen MR) is 99.7 cm³/mol. The van der Waals surface area contributed by atoms with Crippen LogP contribution >= 0.6 is 0 Å². The Morgan fingerprint density at radius 3 is 2.78 bits per heavy atom. The van der Waals surface area contributed by atoms with Gasteiger partial charge in [0.15, 0.2) is 0 Å². The number of nitrogens with zero attached hydrogens (tertiary/aromatic N) is 2. The summed E-state index contributed by atoms with van der Waals surface area (Å²) in [5, 5.41) is 2.93. The summed E-state index contributed by atoms with van der Waals surface area (Å²) in [6, 6.07) is 6.40. The van der Waals surface area contributed by atoms with Crippen molar-refractivity contribution in [2.45, 2.75) is 25.8 Å². The molecule has 148 valence electrons. The number of carbonyl (C=O) groups is 2. The Kier molecular flexibility index (Phi) is 6.79. The summed E-state index contributed by atoms with van der Waals surface area (Å²) < 4.78 is 19.1. The second kappa shape index (κ2) is 9.28. The van der Waals surface area contributed by atoms with E-state index in [1.54, 1.807) is 23.1 Å². The van der Waals surface area contributed by atoms with E-state index in [1.807, 2.05) is 6.92 Å². The van der Waals surface area contributed by atoms with Gasteiger partial charge in [0.05, 0.1) is 19.1 Å². The second-order valence-electron chi connectivity index (χ2n) is 7.40. The smallest absolute Gasteiger partial charge is 0.225 e. The zero-order valence-electron chi connectivity index (χ0n) is 15.8. The molecule has 0 aromatic heterocycles. The van der Waals surface area contributed by atoms with Gasteiger partial charge in [-0.2, -0.15) is 0 Å². The average molecular weight is 377 g/mol. The van der Waals surface area contributed by atoms with Crippen LogP contribution in [0.2, 0.25) is 0 Å². The first-order valence-corrected chi connectivity index (χ1v) is 9.64. The molecule has 2 saturated heterocycles. The van der Waals surface area contributed by atoms with Crippen molar-refractivity contribution in [2.75, 3.05) is 45.9 Å². The van der Waals surface area contributed by atoms with E-state index in [2.05, 4.69) is 10.2 Å². The number of halogens is 1. The van der Waals surface area contributed by atoms with Crippen LogP contribution in [0.3, 0.4) is 0 Å². The summed E-state index contributed by atoms with van der Waals surface area (Å²) in [7, 11) is 0. The lowest BCUT2D eigenvalue weighted by Crippen LogP contribution is -2.42. The molecule has 0 aliphatic carbocycles. The van der Waals surface area contributed by atoms with E-state index in [0.29, 0.717) is 25.1 Å². The third kappa shape index (κ3) is 5.49. The minimum Gasteiger partial charge on any atom is -0.379 e. The first kappa shape index (κ1) is 19.8. The summed E-state index contributed by atoms with van der Waals surface area (Å²) in [5.74, 6) is -0.680. The molecule has 0 bridgehead atoms. The number of hydrogen-bond acceptors (Lipinski definition) is 4. The molecule has 0 unspecified atom stereocenters. The third-order valence-corrected chi connectivity index (χ3v) is 5.25. The summed E-state index contributed by atoms with van der Waals surface area (Å²) >= 11 is 0. The van der Waals surface area contributed by atoms with Gasteiger partial charge in [-0.3, -0.25) is 14.5 Å². The van der Waals surface area contributed by atoms with E-state index in [-0.39, 0.29) is 36.0 Å². The quantitative estimate of drug-likeness (QED) is 0.772. The van der Waals surface area contributed by atoms with Gasteiger partial charge in [-0.05, 0) is 25.0 Å². The monoisotopic (exact) mass is 377 g/mol. The Hall–Kier alpha value is -1.99. The van der Waals surface area contributed by atoms with Gasteiger partial charge < -0.3 is 15.0 Å². The molecule has 1 aromatic carbocycles. The van der Waals surface area contributed by atoms with Gasteiger partial charge in [-0.15, -0.1) is 0 Å². The van der Waals surface area contributed by atoms with E-state index in [1.165, 1.54) is 6.07 Å². The van der Waals surface area contributed by atoms with E-state index < -0.39 is 0 Å². The normalized spacial score (nSPS) is 22.1. The zero-order valence-corrected chi connectivity index (χ0v) is 15.8. The molecule has 0 saturated carbocycles. The van der Waals surface area contributed by atoms with Crippen molar-refractivity contribution >= 4 is 11.8 Å². The lowest BCUT2D eigenvalue weighted by Gasteiger charge is -2.28. The fourth-order valence-electron chi connectivity index (χ4n) is 3.66. The molecule has 2 fully saturated rings. The maximum atomic E-state index is 13.8. The van der Waals surface area contributed by atoms with Crippen molar-refractivity contribution in [3.63, 3.8) is 0 Å². The van der Waals surface area contributed by atoms with Gasteiger partial charge in [0, 0.05) is 45.2 Å². The molecular formula is C20H28FN3O3. The number of nitrogens with one attached hydrogen (secondary N) is 1. The van der Waals surface area contributed by atoms with Gasteiger partial charge >= 0.3 is 0 Å². The fraction of sp³-hybridized carbons (Fsp3) is 0.600. The number of ether oxygens (including phenoxy) is 1. The third-order valence-electron chi connectivity index (χ3n) is 5.25. The maximum absolute atomic E-state index is 13.8. The van der Waals surface area contributed by atoms with Gasteiger partial charge in [0.2, 0.25) is 11.8 Å². The lowest BCUT2D eigenvalue weighted by atomic mass is 10.0. The number of rotatable bonds is 7. The van der Waals surface area contributed by atoms with Crippen molar-refractivity contribution in [1.29, 1.82) is 0 Å². The Bertz CT molecular complexity index is 664. The predicted octanol–water partition coefficient (Wildman–Crippen LogP) is 1.05. The summed E-state index contributed by atoms with van der Waals surface area (Å²) in [6.07, 6.45) is 0.682. The Morgan fingerprint density at radius 1 is 1.30 bits per heavy atom. The van der Waals surface area contributed by atoms with Crippen LogP contribution in [0.5, 0.6) is 0 Å². The SMILES string of the molecule is C[C@H](Cc1ccccc1F)NC(=O)[C@H]1CC(=O)N(CCN2CCOCC2)C1. The van der Waals surface area contributed by atoms with Gasteiger partial charge in [-0.25, -0.2) is 4.39 Å². The van der Waals surface area contributed by atoms with Gasteiger partial charge in [-0.1, -0.05) is 18.2 Å². The van der Waals surface area contributed by atoms with Crippen LogP contribution in [0, 0.1) is 11.7 Å². The van der Waals surface area contributed by atoms with Crippen molar-refractivity contribution in [3.05, 3.63) is 35.6 Å². The molecule has 2 aliphatic rings. The standard InChI is InChI=1S/C20H28FN3O3/c1-15(12-16-4-2-3-5-18(16)21)22-20(26)17-13-19(25)24(14-17)7-6-23-8-10-27-11-9-23/h2-5,15,17H,6-14H2,1H3,(H,22,26)/t15-,17+/m1/s1. The minimum absolute atomic E-state index is 0.0326. The van der Waals surface area contributed by atoms with E-state index in [9.17, 15) is 14.0 Å². The molecule has 6 nitrogen and oxygen atoms in total. The van der Waals surface area contributed by atoms with Crippen LogP contribution in [0.25, 0.3) is 0 Å². The molecular weight excluding hydrogens is 349 g/mol. The van der Waals surface area contributed by atoms with Crippen molar-refractivity contribution in [1.82, 2.24) is 15.1 Å². The van der Waals surface area contributed by atoms with Crippen LogP contribution in [0.4, 0.5) is 4.39 Å². The molecule has 1 aromatic rings. The van der Waals surface area contributed by atoms with Crippen molar-refractivity contribution in [3.8, 4) is 0 Å². The highest BCUT2D eigenvalue weighted by atomic mass is 19.1. The number of amides is 2. The van der Waals surface area contributed by atoms with E-state index >= 15 is 0 Å². The highest BCUT2D eigenvalue weighted by Crippen LogP contribution is 2.18. The second-order valence-corrected chi connectivity index (χ2v) is 7.40. The van der Waals surface area contributed by atoms with Crippen LogP contribution in [-0.2, 0) is 20.7 Å². The Morgan fingerprint density at radius 2 is 2.04 bits per heavy atom. The zero-order chi connectivity index (χ0) is 19.2. The molecule has 1 N–H and O–H groups in total. The largest absolute Gasteiger partial charge is 0.379 e. The van der Waals surface area contributed by atoms with Crippen LogP contribution in [-0.4, -0.2) is 73.6 Å². The lowest BCUT2D eigenvalue weighted by molar-refractivity contribution is -0.129. The van der Waals surface area contributed by atoms with Crippen molar-refractivity contribution in [2.24, 2.45) is 5.92 Å². The summed E-state index contributed by atoms with van der Waals surface area (Å²) in [5.41, 5.74) is 0.583. The molecule has 0 radical (unpaired) electrons. The molecule has 7 heteroatoms. The first-order valence-electron chi connectivity index (χ1n) is 9.64. The van der Waals surface area contributed by atoms with Crippen LogP contribution in [0.15, 0.2) is 24.3 Å². The maximum Gasteiger partial charge on any atom is 0.225 e. The molecule has 0 spiro atoms. The Balaban J connectivity index is 1.44. The van der Waals surface area contributed by atoms with Crippen LogP contribution < -0.4 is 5.32 Å². The van der Waals surface area contributed by atoms with E-state index in [4.69, 9.17) is 4.74 Å². The van der Waals surface area contributed by atoms with E-state index in [0.717, 1.165) is 32.8 Å². The molecule has 27 heavy (non-hydrogen) atoms. The molecule has 2 amide bonds. The van der Waals surface area contributed by atoms with Gasteiger partial charge in [0.1, 0.15) is 5.82 Å². The van der Waals surface area contributed by atoms with Crippen molar-refractivity contribution < 1.29 is 18.7 Å². The number of benzene rings is 1. The molecule has 2 aliphatic heterocycles. The molecule has 2 atom stereocenters. The summed E-state index contributed by atoms with van der Waals surface area (Å²) in [6.45, 7) is 7.02. The minimum atomic E-state index is -0.328. The summed E-state index contributed by atoms with van der Waals surface area (Å²) in [4.78, 5) is 28.8. The average Bonchev–Trinajstić information content (AvgIpc) is 3.04.